The monoisotopic (exact) mass is 263 g/mol. The zero-order valence-electron chi connectivity index (χ0n) is 9.63. The maximum atomic E-state index is 12.0. The van der Waals surface area contributed by atoms with Gasteiger partial charge in [-0.25, -0.2) is 0 Å². The molecule has 0 bridgehead atoms. The summed E-state index contributed by atoms with van der Waals surface area (Å²) in [4.78, 5) is 1.05. The summed E-state index contributed by atoms with van der Waals surface area (Å²) < 4.78 is 35.9. The van der Waals surface area contributed by atoms with E-state index in [1.807, 2.05) is 31.2 Å². The van der Waals surface area contributed by atoms with E-state index in [-0.39, 0.29) is 6.42 Å². The molecule has 0 aliphatic carbocycles. The van der Waals surface area contributed by atoms with E-state index >= 15 is 0 Å². The van der Waals surface area contributed by atoms with Crippen molar-refractivity contribution in [2.45, 2.75) is 36.9 Å². The lowest BCUT2D eigenvalue weighted by molar-refractivity contribution is -0.136. The first-order valence-corrected chi connectivity index (χ1v) is 6.37. The Morgan fingerprint density at radius 3 is 2.65 bits per heavy atom. The second-order valence-electron chi connectivity index (χ2n) is 4.04. The molecule has 0 aliphatic heterocycles. The molecule has 0 saturated heterocycles. The molecule has 0 fully saturated rings. The Morgan fingerprint density at radius 1 is 1.35 bits per heavy atom. The van der Waals surface area contributed by atoms with E-state index in [2.05, 4.69) is 0 Å². The molecule has 0 radical (unpaired) electrons. The third kappa shape index (κ3) is 6.58. The molecule has 0 heterocycles. The molecule has 0 aliphatic rings. The Morgan fingerprint density at radius 2 is 2.06 bits per heavy atom. The van der Waals surface area contributed by atoms with Gasteiger partial charge in [0.05, 0.1) is 0 Å². The van der Waals surface area contributed by atoms with Gasteiger partial charge in [-0.2, -0.15) is 13.2 Å². The lowest BCUT2D eigenvalue weighted by atomic mass is 10.2. The van der Waals surface area contributed by atoms with Crippen molar-refractivity contribution in [3.05, 3.63) is 29.8 Å². The molecule has 96 valence electrons. The van der Waals surface area contributed by atoms with Crippen LogP contribution in [0, 0.1) is 6.92 Å². The van der Waals surface area contributed by atoms with Crippen LogP contribution >= 0.6 is 11.8 Å². The van der Waals surface area contributed by atoms with Crippen molar-refractivity contribution in [2.75, 3.05) is 5.75 Å². The molecule has 1 aromatic rings. The molecule has 1 rings (SSSR count). The van der Waals surface area contributed by atoms with Crippen LogP contribution in [0.3, 0.4) is 0 Å². The fraction of sp³-hybridized carbons (Fsp3) is 0.500. The Bertz CT molecular complexity index is 352. The number of nitrogens with two attached hydrogens (primary N) is 1. The topological polar surface area (TPSA) is 26.0 Å². The van der Waals surface area contributed by atoms with Gasteiger partial charge in [-0.15, -0.1) is 11.8 Å². The van der Waals surface area contributed by atoms with Gasteiger partial charge in [-0.3, -0.25) is 0 Å². The molecule has 1 nitrogen and oxygen atoms in total. The predicted molar refractivity (Wildman–Crippen MR) is 65.2 cm³/mol. The Hall–Kier alpha value is -0.680. The molecule has 0 spiro atoms. The molecular formula is C12H16F3NS. The third-order valence-electron chi connectivity index (χ3n) is 2.25. The van der Waals surface area contributed by atoms with Crippen LogP contribution in [-0.4, -0.2) is 18.0 Å². The highest BCUT2D eigenvalue weighted by molar-refractivity contribution is 7.99. The lowest BCUT2D eigenvalue weighted by Gasteiger charge is -2.12. The minimum Gasteiger partial charge on any atom is -0.327 e. The molecular weight excluding hydrogens is 247 g/mol. The fourth-order valence-electron chi connectivity index (χ4n) is 1.34. The predicted octanol–water partition coefficient (Wildman–Crippen LogP) is 3.76. The van der Waals surface area contributed by atoms with Crippen molar-refractivity contribution < 1.29 is 13.2 Å². The molecule has 2 N–H and O–H groups in total. The SMILES string of the molecule is Cc1cccc(SCC(N)CCC(F)(F)F)c1. The van der Waals surface area contributed by atoms with Gasteiger partial charge >= 0.3 is 6.18 Å². The van der Waals surface area contributed by atoms with Gasteiger partial charge in [0.1, 0.15) is 0 Å². The maximum absolute atomic E-state index is 12.0. The second-order valence-corrected chi connectivity index (χ2v) is 5.13. The van der Waals surface area contributed by atoms with Crippen molar-refractivity contribution in [3.8, 4) is 0 Å². The quantitative estimate of drug-likeness (QED) is 0.819. The molecule has 0 amide bonds. The van der Waals surface area contributed by atoms with Crippen molar-refractivity contribution >= 4 is 11.8 Å². The van der Waals surface area contributed by atoms with Gasteiger partial charge in [0.15, 0.2) is 0 Å². The zero-order valence-corrected chi connectivity index (χ0v) is 10.4. The summed E-state index contributed by atoms with van der Waals surface area (Å²) in [7, 11) is 0. The summed E-state index contributed by atoms with van der Waals surface area (Å²) in [5.74, 6) is 0.513. The lowest BCUT2D eigenvalue weighted by Crippen LogP contribution is -2.25. The van der Waals surface area contributed by atoms with Gasteiger partial charge in [0.25, 0.3) is 0 Å². The second kappa shape index (κ2) is 6.31. The van der Waals surface area contributed by atoms with E-state index < -0.39 is 18.6 Å². The highest BCUT2D eigenvalue weighted by Crippen LogP contribution is 2.24. The number of benzene rings is 1. The molecule has 1 atom stereocenters. The summed E-state index contributed by atoms with van der Waals surface area (Å²) in [6, 6.07) is 7.43. The number of thioether (sulfide) groups is 1. The highest BCUT2D eigenvalue weighted by atomic mass is 32.2. The Balaban J connectivity index is 2.31. The molecule has 17 heavy (non-hydrogen) atoms. The van der Waals surface area contributed by atoms with Crippen molar-refractivity contribution in [1.29, 1.82) is 0 Å². The number of aryl methyl sites for hydroxylation is 1. The third-order valence-corrected chi connectivity index (χ3v) is 3.43. The Labute approximate surface area is 104 Å². The largest absolute Gasteiger partial charge is 0.389 e. The average Bonchev–Trinajstić information content (AvgIpc) is 2.23. The summed E-state index contributed by atoms with van der Waals surface area (Å²) in [5.41, 5.74) is 6.78. The zero-order chi connectivity index (χ0) is 12.9. The minimum absolute atomic E-state index is 0.0116. The molecule has 1 aromatic carbocycles. The smallest absolute Gasteiger partial charge is 0.327 e. The molecule has 5 heteroatoms. The Kier molecular flexibility index (Phi) is 5.33. The number of hydrogen-bond acceptors (Lipinski definition) is 2. The first kappa shape index (κ1) is 14.4. The van der Waals surface area contributed by atoms with Crippen LogP contribution in [0.1, 0.15) is 18.4 Å². The first-order valence-electron chi connectivity index (χ1n) is 5.38. The van der Waals surface area contributed by atoms with E-state index in [4.69, 9.17) is 5.73 Å². The number of alkyl halides is 3. The van der Waals surface area contributed by atoms with Crippen LogP contribution in [0.4, 0.5) is 13.2 Å². The van der Waals surface area contributed by atoms with Crippen LogP contribution < -0.4 is 5.73 Å². The first-order chi connectivity index (χ1) is 7.87. The standard InChI is InChI=1S/C12H16F3NS/c1-9-3-2-4-11(7-9)17-8-10(16)5-6-12(13,14)15/h2-4,7,10H,5-6,8,16H2,1H3. The van der Waals surface area contributed by atoms with E-state index in [0.29, 0.717) is 5.75 Å². The van der Waals surface area contributed by atoms with Crippen molar-refractivity contribution in [3.63, 3.8) is 0 Å². The highest BCUT2D eigenvalue weighted by Gasteiger charge is 2.27. The summed E-state index contributed by atoms with van der Waals surface area (Å²) >= 11 is 1.50. The fourth-order valence-corrected chi connectivity index (χ4v) is 2.36. The molecule has 0 saturated carbocycles. The van der Waals surface area contributed by atoms with Crippen LogP contribution in [0.5, 0.6) is 0 Å². The van der Waals surface area contributed by atoms with E-state index in [1.165, 1.54) is 11.8 Å². The van der Waals surface area contributed by atoms with Gasteiger partial charge in [0, 0.05) is 23.1 Å². The van der Waals surface area contributed by atoms with Crippen molar-refractivity contribution in [1.82, 2.24) is 0 Å². The molecule has 1 unspecified atom stereocenters. The van der Waals surface area contributed by atoms with Gasteiger partial charge < -0.3 is 5.73 Å². The van der Waals surface area contributed by atoms with Crippen LogP contribution in [0.2, 0.25) is 0 Å². The average molecular weight is 263 g/mol. The van der Waals surface area contributed by atoms with E-state index in [1.54, 1.807) is 0 Å². The van der Waals surface area contributed by atoms with Crippen LogP contribution in [-0.2, 0) is 0 Å². The summed E-state index contributed by atoms with van der Waals surface area (Å²) in [6.45, 7) is 1.98. The van der Waals surface area contributed by atoms with Gasteiger partial charge in [0.2, 0.25) is 0 Å². The molecule has 0 aromatic heterocycles. The number of rotatable bonds is 5. The number of hydrogen-bond donors (Lipinski definition) is 1. The normalized spacial score (nSPS) is 13.7. The van der Waals surface area contributed by atoms with Crippen molar-refractivity contribution in [2.24, 2.45) is 5.73 Å². The van der Waals surface area contributed by atoms with Gasteiger partial charge in [-0.05, 0) is 25.5 Å². The van der Waals surface area contributed by atoms with Crippen LogP contribution in [0.15, 0.2) is 29.2 Å². The maximum Gasteiger partial charge on any atom is 0.389 e. The summed E-state index contributed by atoms with van der Waals surface area (Å²) in [5, 5.41) is 0. The van der Waals surface area contributed by atoms with Crippen LogP contribution in [0.25, 0.3) is 0 Å². The minimum atomic E-state index is -4.11. The van der Waals surface area contributed by atoms with E-state index in [9.17, 15) is 13.2 Å². The number of halogens is 3. The summed E-state index contributed by atoms with van der Waals surface area (Å²) in [6.07, 6.45) is -4.92. The van der Waals surface area contributed by atoms with Gasteiger partial charge in [-0.1, -0.05) is 17.7 Å². The van der Waals surface area contributed by atoms with E-state index in [0.717, 1.165) is 10.5 Å².